The predicted octanol–water partition coefficient (Wildman–Crippen LogP) is 3.12. The van der Waals surface area contributed by atoms with E-state index in [-0.39, 0.29) is 11.8 Å². The maximum absolute atomic E-state index is 12.3. The number of methoxy groups -OCH3 is 1. The van der Waals surface area contributed by atoms with Gasteiger partial charge in [0.05, 0.1) is 12.7 Å². The van der Waals surface area contributed by atoms with Crippen molar-refractivity contribution in [3.8, 4) is 5.75 Å². The van der Waals surface area contributed by atoms with Crippen LogP contribution in [0, 0.1) is 0 Å². The van der Waals surface area contributed by atoms with E-state index in [1.54, 1.807) is 31.4 Å². The summed E-state index contributed by atoms with van der Waals surface area (Å²) in [5.74, 6) is 0.743. The number of amides is 2. The van der Waals surface area contributed by atoms with E-state index in [0.29, 0.717) is 23.7 Å². The molecule has 0 saturated heterocycles. The van der Waals surface area contributed by atoms with Crippen LogP contribution in [0.25, 0.3) is 0 Å². The van der Waals surface area contributed by atoms with Gasteiger partial charge in [-0.25, -0.2) is 9.97 Å². The number of carbonyl (C=O) groups excluding carboxylic acids is 2. The van der Waals surface area contributed by atoms with Crippen molar-refractivity contribution in [2.24, 2.45) is 0 Å². The highest BCUT2D eigenvalue weighted by molar-refractivity contribution is 5.93. The Bertz CT molecular complexity index is 971. The minimum absolute atomic E-state index is 0.130. The summed E-state index contributed by atoms with van der Waals surface area (Å²) in [6.45, 7) is 1.85. The number of anilines is 3. The largest absolute Gasteiger partial charge is 0.497 e. The smallest absolute Gasteiger partial charge is 0.254 e. The molecule has 3 N–H and O–H groups in total. The fraction of sp³-hybridized carbons (Fsp3) is 0.143. The molecule has 8 nitrogen and oxygen atoms in total. The average Bonchev–Trinajstić information content (AvgIpc) is 2.74. The molecule has 0 fully saturated rings. The molecule has 0 atom stereocenters. The molecule has 8 heteroatoms. The van der Waals surface area contributed by atoms with Crippen molar-refractivity contribution in [1.82, 2.24) is 15.3 Å². The fourth-order valence-electron chi connectivity index (χ4n) is 2.51. The summed E-state index contributed by atoms with van der Waals surface area (Å²) in [7, 11) is 1.61. The van der Waals surface area contributed by atoms with Crippen molar-refractivity contribution in [1.29, 1.82) is 0 Å². The van der Waals surface area contributed by atoms with Crippen LogP contribution in [0.1, 0.15) is 22.8 Å². The Kier molecular flexibility index (Phi) is 6.36. The summed E-state index contributed by atoms with van der Waals surface area (Å²) in [6, 6.07) is 14.6. The monoisotopic (exact) mass is 391 g/mol. The van der Waals surface area contributed by atoms with Gasteiger partial charge in [0.25, 0.3) is 5.91 Å². The molecule has 0 unspecified atom stereocenters. The molecule has 0 aliphatic heterocycles. The molecule has 1 aromatic heterocycles. The molecule has 0 spiro atoms. The number of hydrogen-bond acceptors (Lipinski definition) is 6. The number of nitrogens with one attached hydrogen (secondary N) is 3. The number of ether oxygens (including phenoxy) is 1. The highest BCUT2D eigenvalue weighted by atomic mass is 16.5. The van der Waals surface area contributed by atoms with Crippen molar-refractivity contribution >= 4 is 29.1 Å². The number of hydrogen-bond donors (Lipinski definition) is 3. The summed E-state index contributed by atoms with van der Waals surface area (Å²) in [5.41, 5.74) is 2.79. The molecule has 1 heterocycles. The number of carbonyl (C=O) groups is 2. The van der Waals surface area contributed by atoms with Gasteiger partial charge in [-0.3, -0.25) is 9.59 Å². The maximum atomic E-state index is 12.3. The van der Waals surface area contributed by atoms with Gasteiger partial charge in [-0.05, 0) is 42.0 Å². The van der Waals surface area contributed by atoms with E-state index in [1.807, 2.05) is 24.3 Å². The summed E-state index contributed by atoms with van der Waals surface area (Å²) in [5, 5.41) is 8.57. The molecule has 148 valence electrons. The molecule has 0 aliphatic carbocycles. The van der Waals surface area contributed by atoms with E-state index in [4.69, 9.17) is 4.74 Å². The van der Waals surface area contributed by atoms with Crippen LogP contribution in [-0.4, -0.2) is 28.9 Å². The highest BCUT2D eigenvalue weighted by Crippen LogP contribution is 2.16. The number of benzene rings is 2. The molecular formula is C21H21N5O3. The molecule has 0 saturated carbocycles. The normalized spacial score (nSPS) is 10.1. The standard InChI is InChI=1S/C21H21N5O3/c1-14(27)25-17-5-7-18(8-6-17)26-21-23-12-16(13-24-21)20(28)22-11-15-3-9-19(29-2)10-4-15/h3-10,12-13H,11H2,1-2H3,(H,22,28)(H,25,27)(H,23,24,26). The second-order valence-electron chi connectivity index (χ2n) is 6.21. The molecule has 0 aliphatic rings. The Labute approximate surface area is 168 Å². The number of aromatic nitrogens is 2. The molecular weight excluding hydrogens is 370 g/mol. The summed E-state index contributed by atoms with van der Waals surface area (Å²) >= 11 is 0. The zero-order valence-corrected chi connectivity index (χ0v) is 16.1. The second-order valence-corrected chi connectivity index (χ2v) is 6.21. The van der Waals surface area contributed by atoms with Crippen LogP contribution in [0.3, 0.4) is 0 Å². The van der Waals surface area contributed by atoms with Gasteiger partial charge in [-0.15, -0.1) is 0 Å². The first-order valence-corrected chi connectivity index (χ1v) is 8.91. The Hall–Kier alpha value is -3.94. The van der Waals surface area contributed by atoms with E-state index >= 15 is 0 Å². The third-order valence-electron chi connectivity index (χ3n) is 3.99. The molecule has 29 heavy (non-hydrogen) atoms. The Balaban J connectivity index is 1.54. The van der Waals surface area contributed by atoms with Crippen molar-refractivity contribution in [3.63, 3.8) is 0 Å². The van der Waals surface area contributed by atoms with Crippen molar-refractivity contribution in [3.05, 3.63) is 72.1 Å². The summed E-state index contributed by atoms with van der Waals surface area (Å²) in [6.07, 6.45) is 2.93. The van der Waals surface area contributed by atoms with Crippen LogP contribution in [-0.2, 0) is 11.3 Å². The first kappa shape index (κ1) is 19.8. The molecule has 2 aromatic carbocycles. The van der Waals surface area contributed by atoms with Crippen LogP contribution >= 0.6 is 0 Å². The molecule has 2 amide bonds. The van der Waals surface area contributed by atoms with Gasteiger partial charge in [0.15, 0.2) is 0 Å². The van der Waals surface area contributed by atoms with Gasteiger partial charge in [0.1, 0.15) is 5.75 Å². The average molecular weight is 391 g/mol. The van der Waals surface area contributed by atoms with E-state index in [9.17, 15) is 9.59 Å². The Morgan fingerprint density at radius 1 is 0.931 bits per heavy atom. The molecule has 0 bridgehead atoms. The van der Waals surface area contributed by atoms with Crippen LogP contribution in [0.15, 0.2) is 60.9 Å². The molecule has 3 rings (SSSR count). The van der Waals surface area contributed by atoms with Gasteiger partial charge >= 0.3 is 0 Å². The Morgan fingerprint density at radius 3 is 2.14 bits per heavy atom. The van der Waals surface area contributed by atoms with Gasteiger partial charge in [-0.1, -0.05) is 12.1 Å². The van der Waals surface area contributed by atoms with Crippen LogP contribution < -0.4 is 20.7 Å². The van der Waals surface area contributed by atoms with Crippen molar-refractivity contribution in [2.45, 2.75) is 13.5 Å². The number of nitrogens with zero attached hydrogens (tertiary/aromatic N) is 2. The van der Waals surface area contributed by atoms with E-state index in [2.05, 4.69) is 25.9 Å². The first-order valence-electron chi connectivity index (χ1n) is 8.91. The molecule has 3 aromatic rings. The maximum Gasteiger partial charge on any atom is 0.254 e. The van der Waals surface area contributed by atoms with Crippen LogP contribution in [0.4, 0.5) is 17.3 Å². The van der Waals surface area contributed by atoms with Gasteiger partial charge in [0, 0.05) is 37.2 Å². The van der Waals surface area contributed by atoms with Crippen molar-refractivity contribution in [2.75, 3.05) is 17.7 Å². The predicted molar refractivity (Wildman–Crippen MR) is 110 cm³/mol. The highest BCUT2D eigenvalue weighted by Gasteiger charge is 2.07. The fourth-order valence-corrected chi connectivity index (χ4v) is 2.51. The lowest BCUT2D eigenvalue weighted by molar-refractivity contribution is -0.114. The first-order chi connectivity index (χ1) is 14.0. The van der Waals surface area contributed by atoms with E-state index in [0.717, 1.165) is 17.0 Å². The number of rotatable bonds is 7. The van der Waals surface area contributed by atoms with Gasteiger partial charge < -0.3 is 20.7 Å². The zero-order chi connectivity index (χ0) is 20.6. The minimum atomic E-state index is -0.257. The Morgan fingerprint density at radius 2 is 1.55 bits per heavy atom. The topological polar surface area (TPSA) is 105 Å². The lowest BCUT2D eigenvalue weighted by atomic mass is 10.2. The third kappa shape index (κ3) is 5.77. The third-order valence-corrected chi connectivity index (χ3v) is 3.99. The van der Waals surface area contributed by atoms with E-state index in [1.165, 1.54) is 19.3 Å². The second kappa shape index (κ2) is 9.32. The molecule has 0 radical (unpaired) electrons. The van der Waals surface area contributed by atoms with Crippen LogP contribution in [0.5, 0.6) is 5.75 Å². The lowest BCUT2D eigenvalue weighted by Crippen LogP contribution is -2.23. The van der Waals surface area contributed by atoms with Gasteiger partial charge in [0.2, 0.25) is 11.9 Å². The quantitative estimate of drug-likeness (QED) is 0.572. The lowest BCUT2D eigenvalue weighted by Gasteiger charge is -2.08. The summed E-state index contributed by atoms with van der Waals surface area (Å²) < 4.78 is 5.11. The zero-order valence-electron chi connectivity index (χ0n) is 16.1. The van der Waals surface area contributed by atoms with Crippen LogP contribution in [0.2, 0.25) is 0 Å². The van der Waals surface area contributed by atoms with E-state index < -0.39 is 0 Å². The van der Waals surface area contributed by atoms with Gasteiger partial charge in [-0.2, -0.15) is 0 Å². The van der Waals surface area contributed by atoms with Crippen molar-refractivity contribution < 1.29 is 14.3 Å². The summed E-state index contributed by atoms with van der Waals surface area (Å²) in [4.78, 5) is 31.7. The minimum Gasteiger partial charge on any atom is -0.497 e. The SMILES string of the molecule is COc1ccc(CNC(=O)c2cnc(Nc3ccc(NC(C)=O)cc3)nc2)cc1.